The standard InChI is InChI=1S/C9H15N3O4S/c1-4-16-9(13)5-10-17(14,15)8-6-12(3)7(2)11-8/h6,10H,4-5H2,1-3H3. The molecule has 1 rings (SSSR count). The second kappa shape index (κ2) is 5.28. The minimum atomic E-state index is -3.76. The van der Waals surface area contributed by atoms with Crippen molar-refractivity contribution in [2.24, 2.45) is 7.05 Å². The summed E-state index contributed by atoms with van der Waals surface area (Å²) >= 11 is 0. The Bertz CT molecular complexity index is 487. The van der Waals surface area contributed by atoms with Gasteiger partial charge in [0.1, 0.15) is 12.4 Å². The van der Waals surface area contributed by atoms with Crippen LogP contribution in [0.3, 0.4) is 0 Å². The van der Waals surface area contributed by atoms with Crippen molar-refractivity contribution < 1.29 is 17.9 Å². The molecular weight excluding hydrogens is 246 g/mol. The summed E-state index contributed by atoms with van der Waals surface area (Å²) in [5.41, 5.74) is 0. The van der Waals surface area contributed by atoms with Gasteiger partial charge in [-0.25, -0.2) is 13.4 Å². The number of nitrogens with zero attached hydrogens (tertiary/aromatic N) is 2. The highest BCUT2D eigenvalue weighted by atomic mass is 32.2. The first-order chi connectivity index (χ1) is 7.86. The lowest BCUT2D eigenvalue weighted by atomic mass is 10.7. The predicted molar refractivity (Wildman–Crippen MR) is 59.8 cm³/mol. The Labute approximate surface area is 99.8 Å². The lowest BCUT2D eigenvalue weighted by Crippen LogP contribution is -2.31. The molecule has 0 saturated heterocycles. The highest BCUT2D eigenvalue weighted by Gasteiger charge is 2.19. The Morgan fingerprint density at radius 3 is 2.71 bits per heavy atom. The van der Waals surface area contributed by atoms with Gasteiger partial charge < -0.3 is 9.30 Å². The van der Waals surface area contributed by atoms with E-state index in [2.05, 4.69) is 14.4 Å². The molecular formula is C9H15N3O4S. The third kappa shape index (κ3) is 3.53. The highest BCUT2D eigenvalue weighted by molar-refractivity contribution is 7.89. The normalized spacial score (nSPS) is 11.5. The van der Waals surface area contributed by atoms with Gasteiger partial charge in [0.25, 0.3) is 10.0 Å². The second-order valence-electron chi connectivity index (χ2n) is 3.37. The van der Waals surface area contributed by atoms with Gasteiger partial charge in [0.15, 0.2) is 5.03 Å². The number of rotatable bonds is 5. The number of carbonyl (C=O) groups excluding carboxylic acids is 1. The number of hydrogen-bond acceptors (Lipinski definition) is 5. The molecule has 7 nitrogen and oxygen atoms in total. The number of imidazole rings is 1. The first-order valence-electron chi connectivity index (χ1n) is 5.02. The van der Waals surface area contributed by atoms with Crippen molar-refractivity contribution in [3.05, 3.63) is 12.0 Å². The SMILES string of the molecule is CCOC(=O)CNS(=O)(=O)c1cn(C)c(C)n1. The van der Waals surface area contributed by atoms with Gasteiger partial charge in [-0.3, -0.25) is 4.79 Å². The van der Waals surface area contributed by atoms with Crippen LogP contribution in [0.25, 0.3) is 0 Å². The minimum Gasteiger partial charge on any atom is -0.465 e. The predicted octanol–water partition coefficient (Wildman–Crippen LogP) is -0.430. The molecule has 0 saturated carbocycles. The summed E-state index contributed by atoms with van der Waals surface area (Å²) in [6, 6.07) is 0. The van der Waals surface area contributed by atoms with Crippen LogP contribution in [0.15, 0.2) is 11.2 Å². The Morgan fingerprint density at radius 1 is 1.59 bits per heavy atom. The molecule has 1 aromatic heterocycles. The van der Waals surface area contributed by atoms with Gasteiger partial charge in [0.05, 0.1) is 6.61 Å². The molecule has 1 heterocycles. The van der Waals surface area contributed by atoms with Crippen LogP contribution >= 0.6 is 0 Å². The molecule has 0 aromatic carbocycles. The summed E-state index contributed by atoms with van der Waals surface area (Å²) in [7, 11) is -2.07. The van der Waals surface area contributed by atoms with Crippen LogP contribution in [0.4, 0.5) is 0 Å². The smallest absolute Gasteiger partial charge is 0.321 e. The monoisotopic (exact) mass is 261 g/mol. The summed E-state index contributed by atoms with van der Waals surface area (Å²) in [6.45, 7) is 3.15. The molecule has 0 atom stereocenters. The molecule has 0 aliphatic heterocycles. The quantitative estimate of drug-likeness (QED) is 0.726. The summed E-state index contributed by atoms with van der Waals surface area (Å²) in [5.74, 6) is -0.0507. The number of aromatic nitrogens is 2. The molecule has 0 aliphatic rings. The third-order valence-electron chi connectivity index (χ3n) is 2.07. The number of sulfonamides is 1. The van der Waals surface area contributed by atoms with Crippen LogP contribution in [0.2, 0.25) is 0 Å². The average molecular weight is 261 g/mol. The van der Waals surface area contributed by atoms with Gasteiger partial charge in [-0.15, -0.1) is 0 Å². The largest absolute Gasteiger partial charge is 0.465 e. The van der Waals surface area contributed by atoms with E-state index in [1.807, 2.05) is 0 Å². The zero-order valence-electron chi connectivity index (χ0n) is 9.93. The molecule has 1 aromatic rings. The van der Waals surface area contributed by atoms with Crippen molar-refractivity contribution in [3.63, 3.8) is 0 Å². The summed E-state index contributed by atoms with van der Waals surface area (Å²) < 4.78 is 31.7. The maximum Gasteiger partial charge on any atom is 0.321 e. The molecule has 8 heteroatoms. The van der Waals surface area contributed by atoms with Crippen LogP contribution < -0.4 is 4.72 Å². The third-order valence-corrected chi connectivity index (χ3v) is 3.35. The van der Waals surface area contributed by atoms with Gasteiger partial charge in [0, 0.05) is 13.2 Å². The number of aryl methyl sites for hydroxylation is 2. The molecule has 0 spiro atoms. The number of esters is 1. The van der Waals surface area contributed by atoms with E-state index >= 15 is 0 Å². The molecule has 0 fully saturated rings. The lowest BCUT2D eigenvalue weighted by molar-refractivity contribution is -0.141. The first-order valence-corrected chi connectivity index (χ1v) is 6.50. The number of ether oxygens (including phenoxy) is 1. The van der Waals surface area contributed by atoms with Crippen molar-refractivity contribution in [1.29, 1.82) is 0 Å². The van der Waals surface area contributed by atoms with E-state index in [9.17, 15) is 13.2 Å². The Morgan fingerprint density at radius 2 is 2.24 bits per heavy atom. The van der Waals surface area contributed by atoms with Crippen molar-refractivity contribution in [1.82, 2.24) is 14.3 Å². The van der Waals surface area contributed by atoms with Gasteiger partial charge in [-0.05, 0) is 13.8 Å². The van der Waals surface area contributed by atoms with Gasteiger partial charge >= 0.3 is 5.97 Å². The van der Waals surface area contributed by atoms with E-state index in [4.69, 9.17) is 0 Å². The van der Waals surface area contributed by atoms with Crippen LogP contribution in [0.5, 0.6) is 0 Å². The van der Waals surface area contributed by atoms with Gasteiger partial charge in [-0.2, -0.15) is 4.72 Å². The minimum absolute atomic E-state index is 0.109. The maximum atomic E-state index is 11.7. The summed E-state index contributed by atoms with van der Waals surface area (Å²) in [5, 5.41) is -0.109. The van der Waals surface area contributed by atoms with E-state index in [0.717, 1.165) is 0 Å². The topological polar surface area (TPSA) is 90.3 Å². The zero-order chi connectivity index (χ0) is 13.1. The Balaban J connectivity index is 2.72. The number of carbonyl (C=O) groups is 1. The van der Waals surface area contributed by atoms with Crippen LogP contribution in [0.1, 0.15) is 12.7 Å². The fraction of sp³-hybridized carbons (Fsp3) is 0.556. The van der Waals surface area contributed by atoms with E-state index in [1.165, 1.54) is 6.20 Å². The molecule has 1 N–H and O–H groups in total. The van der Waals surface area contributed by atoms with Crippen molar-refractivity contribution >= 4 is 16.0 Å². The molecule has 0 bridgehead atoms. The number of hydrogen-bond donors (Lipinski definition) is 1. The fourth-order valence-corrected chi connectivity index (χ4v) is 2.10. The zero-order valence-corrected chi connectivity index (χ0v) is 10.7. The van der Waals surface area contributed by atoms with Crippen molar-refractivity contribution in [3.8, 4) is 0 Å². The lowest BCUT2D eigenvalue weighted by Gasteiger charge is -2.03. The fourth-order valence-electron chi connectivity index (χ4n) is 1.10. The van der Waals surface area contributed by atoms with E-state index < -0.39 is 22.5 Å². The summed E-state index contributed by atoms with van der Waals surface area (Å²) in [6.07, 6.45) is 1.38. The van der Waals surface area contributed by atoms with Gasteiger partial charge in [0.2, 0.25) is 0 Å². The van der Waals surface area contributed by atoms with E-state index in [-0.39, 0.29) is 11.6 Å². The first kappa shape index (κ1) is 13.7. The molecule has 0 unspecified atom stereocenters. The molecule has 0 radical (unpaired) electrons. The summed E-state index contributed by atoms with van der Waals surface area (Å²) in [4.78, 5) is 14.9. The molecule has 17 heavy (non-hydrogen) atoms. The van der Waals surface area contributed by atoms with Crippen LogP contribution in [0, 0.1) is 6.92 Å². The number of nitrogens with one attached hydrogen (secondary N) is 1. The van der Waals surface area contributed by atoms with E-state index in [1.54, 1.807) is 25.5 Å². The Hall–Kier alpha value is -1.41. The highest BCUT2D eigenvalue weighted by Crippen LogP contribution is 2.06. The maximum absolute atomic E-state index is 11.7. The average Bonchev–Trinajstić information content (AvgIpc) is 2.58. The van der Waals surface area contributed by atoms with Gasteiger partial charge in [-0.1, -0.05) is 0 Å². The van der Waals surface area contributed by atoms with Crippen LogP contribution in [-0.4, -0.2) is 37.1 Å². The second-order valence-corrected chi connectivity index (χ2v) is 5.08. The van der Waals surface area contributed by atoms with Crippen molar-refractivity contribution in [2.45, 2.75) is 18.9 Å². The van der Waals surface area contributed by atoms with Crippen LogP contribution in [-0.2, 0) is 26.6 Å². The molecule has 96 valence electrons. The van der Waals surface area contributed by atoms with Crippen molar-refractivity contribution in [2.75, 3.05) is 13.2 Å². The Kier molecular flexibility index (Phi) is 4.24. The molecule has 0 aliphatic carbocycles. The van der Waals surface area contributed by atoms with E-state index in [0.29, 0.717) is 5.82 Å². The molecule has 0 amide bonds.